The number of carbonyl (C=O) groups excluding carboxylic acids is 1. The molecule has 2 aromatic carbocycles. The van der Waals surface area contributed by atoms with E-state index in [0.717, 1.165) is 72.2 Å². The number of ether oxygens (including phenoxy) is 1. The normalized spacial score (nSPS) is 16.7. The molecule has 0 saturated heterocycles. The van der Waals surface area contributed by atoms with Gasteiger partial charge in [0.15, 0.2) is 0 Å². The van der Waals surface area contributed by atoms with E-state index < -0.39 is 0 Å². The summed E-state index contributed by atoms with van der Waals surface area (Å²) in [6, 6.07) is 17.9. The molecule has 1 heterocycles. The molecule has 41 heavy (non-hydrogen) atoms. The van der Waals surface area contributed by atoms with Crippen LogP contribution in [0.4, 0.5) is 11.5 Å². The van der Waals surface area contributed by atoms with Gasteiger partial charge in [-0.1, -0.05) is 62.8 Å². The number of unbranched alkanes of at least 4 members (excludes halogenated alkanes) is 1. The molecule has 1 saturated carbocycles. The van der Waals surface area contributed by atoms with Crippen LogP contribution in [0.3, 0.4) is 0 Å². The summed E-state index contributed by atoms with van der Waals surface area (Å²) in [5.41, 5.74) is 2.87. The second kappa shape index (κ2) is 15.6. The molecule has 3 aromatic rings. The topological polar surface area (TPSA) is 63.2 Å². The number of fused-ring (bicyclic) bond motifs is 1. The molecule has 0 radical (unpaired) electrons. The summed E-state index contributed by atoms with van der Waals surface area (Å²) in [7, 11) is 0. The van der Waals surface area contributed by atoms with Crippen molar-refractivity contribution in [2.75, 3.05) is 17.2 Å². The van der Waals surface area contributed by atoms with Crippen LogP contribution in [0.25, 0.3) is 10.9 Å². The fourth-order valence-corrected chi connectivity index (χ4v) is 5.64. The van der Waals surface area contributed by atoms with Gasteiger partial charge in [0.05, 0.1) is 11.2 Å². The molecule has 1 fully saturated rings. The van der Waals surface area contributed by atoms with E-state index >= 15 is 0 Å². The Hall–Kier alpha value is -4.12. The first-order chi connectivity index (χ1) is 20.1. The zero-order valence-electron chi connectivity index (χ0n) is 24.1. The van der Waals surface area contributed by atoms with E-state index in [9.17, 15) is 4.79 Å². The molecule has 4 rings (SSSR count). The molecule has 2 N–H and O–H groups in total. The van der Waals surface area contributed by atoms with Gasteiger partial charge in [-0.25, -0.2) is 4.98 Å². The van der Waals surface area contributed by atoms with E-state index in [-0.39, 0.29) is 5.91 Å². The fourth-order valence-electron chi connectivity index (χ4n) is 5.64. The molecule has 214 valence electrons. The average Bonchev–Trinajstić information content (AvgIpc) is 3.43. The Balaban J connectivity index is 1.22. The van der Waals surface area contributed by atoms with Crippen molar-refractivity contribution in [1.29, 1.82) is 0 Å². The van der Waals surface area contributed by atoms with Crippen LogP contribution in [0.5, 0.6) is 5.75 Å². The van der Waals surface area contributed by atoms with Crippen LogP contribution >= 0.6 is 0 Å². The maximum Gasteiger partial charge on any atom is 0.224 e. The van der Waals surface area contributed by atoms with Crippen LogP contribution in [-0.4, -0.2) is 17.4 Å². The predicted molar refractivity (Wildman–Crippen MR) is 172 cm³/mol. The Morgan fingerprint density at radius 1 is 1.00 bits per heavy atom. The van der Waals surface area contributed by atoms with Gasteiger partial charge in [0, 0.05) is 18.4 Å². The number of pyridine rings is 1. The smallest absolute Gasteiger partial charge is 0.224 e. The molecule has 1 aliphatic rings. The summed E-state index contributed by atoms with van der Waals surface area (Å²) < 4.78 is 5.78. The maximum atomic E-state index is 12.7. The van der Waals surface area contributed by atoms with Crippen LogP contribution in [0.2, 0.25) is 0 Å². The maximum absolute atomic E-state index is 12.7. The van der Waals surface area contributed by atoms with Crippen LogP contribution < -0.4 is 15.4 Å². The lowest BCUT2D eigenvalue weighted by Gasteiger charge is -2.12. The lowest BCUT2D eigenvalue weighted by Crippen LogP contribution is -2.12. The molecule has 0 bridgehead atoms. The predicted octanol–water partition coefficient (Wildman–Crippen LogP) is 9.02. The summed E-state index contributed by atoms with van der Waals surface area (Å²) in [5.74, 6) is 3.96. The average molecular weight is 550 g/mol. The van der Waals surface area contributed by atoms with Gasteiger partial charge in [-0.15, -0.1) is 6.58 Å². The van der Waals surface area contributed by atoms with Gasteiger partial charge in [-0.3, -0.25) is 4.79 Å². The standard InChI is InChI=1S/C36H43N3O2/c1-4-10-28-16-17-29(26-28)12-7-8-15-36(40)39-34-14-9-13-33-32(34)22-23-35(38-33)37-25-24-27-18-20-31(21-19-27)41-30(6-3)11-5-2/h4-6,9,11,13-14,18-23,28-29H,1-3,7-8,10,12,15-17,24-26H2,(H,37,38)(H,39,40)/b30-11+. The van der Waals surface area contributed by atoms with Crippen molar-refractivity contribution in [1.82, 2.24) is 4.98 Å². The Morgan fingerprint density at radius 2 is 1.83 bits per heavy atom. The highest BCUT2D eigenvalue weighted by Gasteiger charge is 2.23. The second-order valence-corrected chi connectivity index (χ2v) is 10.9. The molecule has 1 aliphatic carbocycles. The van der Waals surface area contributed by atoms with Crippen LogP contribution in [0.15, 0.2) is 104 Å². The van der Waals surface area contributed by atoms with Gasteiger partial charge in [0.25, 0.3) is 0 Å². The summed E-state index contributed by atoms with van der Waals surface area (Å²) in [5, 5.41) is 7.48. The number of hydrogen-bond acceptors (Lipinski definition) is 4. The molecule has 0 aliphatic heterocycles. The summed E-state index contributed by atoms with van der Waals surface area (Å²) >= 11 is 0. The van der Waals surface area contributed by atoms with Crippen molar-refractivity contribution in [2.24, 2.45) is 11.8 Å². The van der Waals surface area contributed by atoms with Gasteiger partial charge in [0.1, 0.15) is 17.3 Å². The van der Waals surface area contributed by atoms with E-state index in [4.69, 9.17) is 9.72 Å². The molecule has 1 amide bonds. The molecule has 2 atom stereocenters. The minimum Gasteiger partial charge on any atom is -0.457 e. The number of amides is 1. The third-order valence-corrected chi connectivity index (χ3v) is 7.78. The molecule has 2 unspecified atom stereocenters. The van der Waals surface area contributed by atoms with E-state index in [1.165, 1.54) is 31.2 Å². The van der Waals surface area contributed by atoms with Crippen molar-refractivity contribution in [2.45, 2.75) is 57.8 Å². The van der Waals surface area contributed by atoms with E-state index in [1.807, 2.05) is 42.5 Å². The Morgan fingerprint density at radius 3 is 2.61 bits per heavy atom. The minimum absolute atomic E-state index is 0.0736. The monoisotopic (exact) mass is 549 g/mol. The van der Waals surface area contributed by atoms with E-state index in [2.05, 4.69) is 48.6 Å². The van der Waals surface area contributed by atoms with Crippen molar-refractivity contribution in [3.8, 4) is 5.75 Å². The molecule has 0 spiro atoms. The Bertz CT molecular complexity index is 1360. The van der Waals surface area contributed by atoms with Crippen molar-refractivity contribution in [3.05, 3.63) is 110 Å². The lowest BCUT2D eigenvalue weighted by molar-refractivity contribution is -0.116. The Kier molecular flexibility index (Phi) is 11.4. The highest BCUT2D eigenvalue weighted by molar-refractivity contribution is 6.01. The molecular formula is C36H43N3O2. The van der Waals surface area contributed by atoms with Crippen molar-refractivity contribution in [3.63, 3.8) is 0 Å². The van der Waals surface area contributed by atoms with Gasteiger partial charge in [0.2, 0.25) is 5.91 Å². The number of anilines is 2. The lowest BCUT2D eigenvalue weighted by atomic mass is 9.97. The van der Waals surface area contributed by atoms with Crippen molar-refractivity contribution < 1.29 is 9.53 Å². The first-order valence-corrected chi connectivity index (χ1v) is 14.8. The van der Waals surface area contributed by atoms with Crippen LogP contribution in [-0.2, 0) is 11.2 Å². The summed E-state index contributed by atoms with van der Waals surface area (Å²) in [6.07, 6.45) is 17.0. The summed E-state index contributed by atoms with van der Waals surface area (Å²) in [4.78, 5) is 17.5. The number of allylic oxidation sites excluding steroid dienone is 4. The zero-order valence-corrected chi connectivity index (χ0v) is 24.1. The number of carbonyl (C=O) groups is 1. The third kappa shape index (κ3) is 9.21. The highest BCUT2D eigenvalue weighted by Crippen LogP contribution is 2.36. The number of benzene rings is 2. The molecular weight excluding hydrogens is 506 g/mol. The number of nitrogens with one attached hydrogen (secondary N) is 2. The van der Waals surface area contributed by atoms with Gasteiger partial charge in [-0.2, -0.15) is 0 Å². The van der Waals surface area contributed by atoms with Gasteiger partial charge in [-0.05, 0) is 98.1 Å². The summed E-state index contributed by atoms with van der Waals surface area (Å²) in [6.45, 7) is 12.1. The number of nitrogens with zero attached hydrogens (tertiary/aromatic N) is 1. The molecule has 5 heteroatoms. The number of rotatable bonds is 16. The van der Waals surface area contributed by atoms with E-state index in [1.54, 1.807) is 18.2 Å². The first kappa shape index (κ1) is 29.9. The van der Waals surface area contributed by atoms with Crippen LogP contribution in [0, 0.1) is 11.8 Å². The first-order valence-electron chi connectivity index (χ1n) is 14.8. The van der Waals surface area contributed by atoms with E-state index in [0.29, 0.717) is 12.2 Å². The third-order valence-electron chi connectivity index (χ3n) is 7.78. The number of aromatic nitrogens is 1. The zero-order chi connectivity index (χ0) is 28.9. The fraction of sp³-hybridized carbons (Fsp3) is 0.333. The molecule has 5 nitrogen and oxygen atoms in total. The van der Waals surface area contributed by atoms with Gasteiger partial charge >= 0.3 is 0 Å². The largest absolute Gasteiger partial charge is 0.457 e. The number of hydrogen-bond donors (Lipinski definition) is 2. The second-order valence-electron chi connectivity index (χ2n) is 10.9. The quantitative estimate of drug-likeness (QED) is 0.0810. The van der Waals surface area contributed by atoms with Crippen molar-refractivity contribution >= 4 is 28.3 Å². The van der Waals surface area contributed by atoms with Crippen LogP contribution in [0.1, 0.15) is 56.9 Å². The Labute approximate surface area is 245 Å². The molecule has 1 aromatic heterocycles. The van der Waals surface area contributed by atoms with Gasteiger partial charge < -0.3 is 15.4 Å². The minimum atomic E-state index is 0.0736. The SMILES string of the molecule is C=C/C=C(\C=C)Oc1ccc(CCNc2ccc3c(NC(=O)CCCCC4CCC(CC=C)C4)cccc3n2)cc1. The highest BCUT2D eigenvalue weighted by atomic mass is 16.5.